The minimum Gasteiger partial charge on any atom is -0.339 e. The lowest BCUT2D eigenvalue weighted by Crippen LogP contribution is -2.18. The molecule has 0 aliphatic carbocycles. The molecule has 2 rings (SSSR count). The zero-order chi connectivity index (χ0) is 15.3. The van der Waals surface area contributed by atoms with Gasteiger partial charge in [0.1, 0.15) is 5.82 Å². The van der Waals surface area contributed by atoms with E-state index in [1.807, 2.05) is 19.9 Å². The van der Waals surface area contributed by atoms with Crippen molar-refractivity contribution in [2.45, 2.75) is 39.5 Å². The minimum absolute atomic E-state index is 0.155. The molecular formula is C16H18FN3O. The van der Waals surface area contributed by atoms with Gasteiger partial charge >= 0.3 is 0 Å². The fourth-order valence-electron chi connectivity index (χ4n) is 2.13. The van der Waals surface area contributed by atoms with E-state index in [0.717, 1.165) is 12.0 Å². The molecule has 110 valence electrons. The van der Waals surface area contributed by atoms with Gasteiger partial charge in [0.25, 0.3) is 0 Å². The number of halogens is 1. The van der Waals surface area contributed by atoms with Crippen LogP contribution in [-0.4, -0.2) is 10.1 Å². The van der Waals surface area contributed by atoms with Gasteiger partial charge in [-0.15, -0.1) is 0 Å². The lowest BCUT2D eigenvalue weighted by molar-refractivity contribution is 0.265. The van der Waals surface area contributed by atoms with E-state index in [1.54, 1.807) is 6.07 Å². The largest absolute Gasteiger partial charge is 0.339 e. The molecule has 5 heteroatoms. The number of hydrogen-bond donors (Lipinski definition) is 0. The Balaban J connectivity index is 2.06. The Labute approximate surface area is 123 Å². The molecule has 0 amide bonds. The van der Waals surface area contributed by atoms with Crippen molar-refractivity contribution in [2.75, 3.05) is 0 Å². The zero-order valence-corrected chi connectivity index (χ0v) is 12.3. The normalized spacial score (nSPS) is 13.6. The maximum absolute atomic E-state index is 13.1. The average molecular weight is 287 g/mol. The fraction of sp³-hybridized carbons (Fsp3) is 0.438. The Hall–Kier alpha value is -2.22. The van der Waals surface area contributed by atoms with E-state index < -0.39 is 0 Å². The van der Waals surface area contributed by atoms with Gasteiger partial charge in [-0.05, 0) is 29.5 Å². The second-order valence-electron chi connectivity index (χ2n) is 5.59. The Morgan fingerprint density at radius 3 is 2.90 bits per heavy atom. The molecule has 0 saturated carbocycles. The van der Waals surface area contributed by atoms with Crippen molar-refractivity contribution in [1.29, 1.82) is 5.26 Å². The summed E-state index contributed by atoms with van der Waals surface area (Å²) in [5.41, 5.74) is 0.648. The third kappa shape index (κ3) is 4.12. The highest BCUT2D eigenvalue weighted by atomic mass is 19.1. The van der Waals surface area contributed by atoms with E-state index in [2.05, 4.69) is 16.2 Å². The van der Waals surface area contributed by atoms with Gasteiger partial charge in [0.15, 0.2) is 5.82 Å². The van der Waals surface area contributed by atoms with Crippen LogP contribution >= 0.6 is 0 Å². The first-order chi connectivity index (χ1) is 10.0. The van der Waals surface area contributed by atoms with Crippen LogP contribution in [0.25, 0.3) is 0 Å². The molecule has 0 aliphatic heterocycles. The zero-order valence-electron chi connectivity index (χ0n) is 12.3. The lowest BCUT2D eigenvalue weighted by Gasteiger charge is -2.22. The molecular weight excluding hydrogens is 269 g/mol. The third-order valence-corrected chi connectivity index (χ3v) is 3.70. The summed E-state index contributed by atoms with van der Waals surface area (Å²) in [6.07, 6.45) is 2.32. The Bertz CT molecular complexity index is 647. The molecule has 1 aromatic carbocycles. The number of benzene rings is 1. The van der Waals surface area contributed by atoms with E-state index in [9.17, 15) is 4.39 Å². The number of aromatic nitrogens is 2. The molecule has 1 heterocycles. The predicted octanol–water partition coefficient (Wildman–Crippen LogP) is 3.67. The first-order valence-electron chi connectivity index (χ1n) is 6.97. The summed E-state index contributed by atoms with van der Waals surface area (Å²) in [6, 6.07) is 8.55. The van der Waals surface area contributed by atoms with Crippen LogP contribution in [0.3, 0.4) is 0 Å². The van der Waals surface area contributed by atoms with Gasteiger partial charge in [-0.2, -0.15) is 10.2 Å². The van der Waals surface area contributed by atoms with Crippen molar-refractivity contribution in [3.8, 4) is 6.07 Å². The molecule has 0 aliphatic rings. The summed E-state index contributed by atoms with van der Waals surface area (Å²) in [6.45, 7) is 4.08. The van der Waals surface area contributed by atoms with Crippen molar-refractivity contribution in [3.63, 3.8) is 0 Å². The Morgan fingerprint density at radius 1 is 1.43 bits per heavy atom. The van der Waals surface area contributed by atoms with Crippen LogP contribution in [0.4, 0.5) is 4.39 Å². The highest BCUT2D eigenvalue weighted by Gasteiger charge is 2.25. The standard InChI is InChI=1S/C16H18FN3O/c1-3-16(2,7-8-18)11-15-19-14(20-21-15)10-12-5-4-6-13(17)9-12/h4-6,9H,3,7,10-11H2,1-2H3. The van der Waals surface area contributed by atoms with Gasteiger partial charge in [0, 0.05) is 19.3 Å². The Kier molecular flexibility index (Phi) is 4.69. The maximum Gasteiger partial charge on any atom is 0.227 e. The number of nitrogens with zero attached hydrogens (tertiary/aromatic N) is 3. The summed E-state index contributed by atoms with van der Waals surface area (Å²) in [7, 11) is 0. The van der Waals surface area contributed by atoms with E-state index in [-0.39, 0.29) is 11.2 Å². The van der Waals surface area contributed by atoms with E-state index in [0.29, 0.717) is 31.0 Å². The maximum atomic E-state index is 13.1. The predicted molar refractivity (Wildman–Crippen MR) is 75.8 cm³/mol. The molecule has 0 radical (unpaired) electrons. The molecule has 0 spiro atoms. The van der Waals surface area contributed by atoms with Crippen molar-refractivity contribution >= 4 is 0 Å². The summed E-state index contributed by atoms with van der Waals surface area (Å²) in [5, 5.41) is 12.8. The van der Waals surface area contributed by atoms with E-state index in [1.165, 1.54) is 12.1 Å². The average Bonchev–Trinajstić information content (AvgIpc) is 2.86. The monoisotopic (exact) mass is 287 g/mol. The minimum atomic E-state index is -0.274. The van der Waals surface area contributed by atoms with Crippen LogP contribution in [0.1, 0.15) is 44.0 Å². The van der Waals surface area contributed by atoms with Gasteiger partial charge in [-0.1, -0.05) is 31.1 Å². The van der Waals surface area contributed by atoms with E-state index >= 15 is 0 Å². The first-order valence-corrected chi connectivity index (χ1v) is 6.97. The molecule has 21 heavy (non-hydrogen) atoms. The summed E-state index contributed by atoms with van der Waals surface area (Å²) in [5.74, 6) is 0.788. The van der Waals surface area contributed by atoms with Gasteiger partial charge in [-0.3, -0.25) is 0 Å². The number of nitriles is 1. The molecule has 0 saturated heterocycles. The van der Waals surface area contributed by atoms with Crippen LogP contribution in [0.2, 0.25) is 0 Å². The van der Waals surface area contributed by atoms with Crippen LogP contribution < -0.4 is 0 Å². The SMILES string of the molecule is CCC(C)(CC#N)Cc1nc(Cc2cccc(F)c2)no1. The molecule has 2 aromatic rings. The Morgan fingerprint density at radius 2 is 2.24 bits per heavy atom. The van der Waals surface area contributed by atoms with Gasteiger partial charge in [0.05, 0.1) is 6.07 Å². The molecule has 0 N–H and O–H groups in total. The van der Waals surface area contributed by atoms with Crippen molar-refractivity contribution in [3.05, 3.63) is 47.4 Å². The molecule has 1 aromatic heterocycles. The van der Waals surface area contributed by atoms with Crippen LogP contribution in [0.5, 0.6) is 0 Å². The van der Waals surface area contributed by atoms with Crippen LogP contribution in [0.15, 0.2) is 28.8 Å². The summed E-state index contributed by atoms with van der Waals surface area (Å²) in [4.78, 5) is 4.34. The molecule has 0 fully saturated rings. The van der Waals surface area contributed by atoms with Crippen LogP contribution in [-0.2, 0) is 12.8 Å². The molecule has 1 unspecified atom stereocenters. The van der Waals surface area contributed by atoms with Crippen molar-refractivity contribution in [2.24, 2.45) is 5.41 Å². The molecule has 0 bridgehead atoms. The van der Waals surface area contributed by atoms with Crippen molar-refractivity contribution < 1.29 is 8.91 Å². The van der Waals surface area contributed by atoms with Gasteiger partial charge in [0.2, 0.25) is 5.89 Å². The lowest BCUT2D eigenvalue weighted by atomic mass is 9.81. The first kappa shape index (κ1) is 15.2. The smallest absolute Gasteiger partial charge is 0.227 e. The van der Waals surface area contributed by atoms with E-state index in [4.69, 9.17) is 9.78 Å². The second-order valence-corrected chi connectivity index (χ2v) is 5.59. The number of hydrogen-bond acceptors (Lipinski definition) is 4. The topological polar surface area (TPSA) is 62.7 Å². The van der Waals surface area contributed by atoms with Crippen molar-refractivity contribution in [1.82, 2.24) is 10.1 Å². The molecule has 1 atom stereocenters. The summed E-state index contributed by atoms with van der Waals surface area (Å²) < 4.78 is 18.4. The highest BCUT2D eigenvalue weighted by molar-refractivity contribution is 5.19. The third-order valence-electron chi connectivity index (χ3n) is 3.70. The number of rotatable bonds is 6. The van der Waals surface area contributed by atoms with Gasteiger partial charge in [-0.25, -0.2) is 4.39 Å². The summed E-state index contributed by atoms with van der Waals surface area (Å²) >= 11 is 0. The highest BCUT2D eigenvalue weighted by Crippen LogP contribution is 2.29. The second kappa shape index (κ2) is 6.49. The molecule has 4 nitrogen and oxygen atoms in total. The van der Waals surface area contributed by atoms with Crippen LogP contribution in [0, 0.1) is 22.6 Å². The van der Waals surface area contributed by atoms with Gasteiger partial charge < -0.3 is 4.52 Å². The quantitative estimate of drug-likeness (QED) is 0.813. The fourth-order valence-corrected chi connectivity index (χ4v) is 2.13.